The molecule has 2 aromatic carbocycles. The average molecular weight is 467 g/mol. The molecule has 1 saturated heterocycles. The Balaban J connectivity index is 1.51. The topological polar surface area (TPSA) is 108 Å². The third kappa shape index (κ3) is 4.63. The SMILES string of the molecule is [2H]N(C(=O)OCC1c2ccccc2-c2ccccc21)[C@H](C(=O)C1CNCCN1C(=O)O)[C@@H](C)CC. The monoisotopic (exact) mass is 466 g/mol. The minimum atomic E-state index is -1.19. The van der Waals surface area contributed by atoms with Crippen LogP contribution >= 0.6 is 0 Å². The highest BCUT2D eigenvalue weighted by atomic mass is 16.5. The van der Waals surface area contributed by atoms with E-state index in [-0.39, 0.29) is 31.5 Å². The van der Waals surface area contributed by atoms with Gasteiger partial charge < -0.3 is 20.5 Å². The first-order valence-corrected chi connectivity index (χ1v) is 11.7. The van der Waals surface area contributed by atoms with Crippen molar-refractivity contribution >= 4 is 18.0 Å². The van der Waals surface area contributed by atoms with Crippen LogP contribution in [0.5, 0.6) is 0 Å². The largest absolute Gasteiger partial charge is 0.465 e. The molecule has 3 atom stereocenters. The van der Waals surface area contributed by atoms with E-state index in [0.29, 0.717) is 18.3 Å². The summed E-state index contributed by atoms with van der Waals surface area (Å²) < 4.78 is 14.1. The van der Waals surface area contributed by atoms with Crippen LogP contribution in [0.2, 0.25) is 1.41 Å². The average Bonchev–Trinajstić information content (AvgIpc) is 3.20. The Morgan fingerprint density at radius 1 is 1.18 bits per heavy atom. The van der Waals surface area contributed by atoms with Gasteiger partial charge in [-0.15, -0.1) is 0 Å². The van der Waals surface area contributed by atoms with Crippen molar-refractivity contribution in [1.82, 2.24) is 15.5 Å². The van der Waals surface area contributed by atoms with E-state index in [9.17, 15) is 19.5 Å². The van der Waals surface area contributed by atoms with E-state index in [0.717, 1.165) is 27.2 Å². The molecule has 4 rings (SSSR count). The highest BCUT2D eigenvalue weighted by Crippen LogP contribution is 2.44. The number of Topliss-reactive ketones (excluding diaryl/α,β-unsaturated/α-hetero) is 1. The molecule has 180 valence electrons. The summed E-state index contributed by atoms with van der Waals surface area (Å²) in [7, 11) is 0. The first kappa shape index (κ1) is 22.4. The maximum atomic E-state index is 13.4. The van der Waals surface area contributed by atoms with Gasteiger partial charge >= 0.3 is 12.2 Å². The van der Waals surface area contributed by atoms with Crippen LogP contribution in [0.15, 0.2) is 48.5 Å². The maximum Gasteiger partial charge on any atom is 0.408 e. The van der Waals surface area contributed by atoms with Gasteiger partial charge in [0, 0.05) is 25.6 Å². The number of ether oxygens (including phenoxy) is 1. The van der Waals surface area contributed by atoms with Gasteiger partial charge in [-0.25, -0.2) is 9.59 Å². The Morgan fingerprint density at radius 2 is 1.79 bits per heavy atom. The lowest BCUT2D eigenvalue weighted by molar-refractivity contribution is -0.127. The molecule has 1 aliphatic carbocycles. The fourth-order valence-electron chi connectivity index (χ4n) is 4.82. The van der Waals surface area contributed by atoms with Crippen molar-refractivity contribution in [3.8, 4) is 11.1 Å². The van der Waals surface area contributed by atoms with Gasteiger partial charge in [-0.3, -0.25) is 9.69 Å². The second-order valence-corrected chi connectivity index (χ2v) is 8.86. The highest BCUT2D eigenvalue weighted by molar-refractivity contribution is 5.94. The Kier molecular flexibility index (Phi) is 6.76. The predicted molar refractivity (Wildman–Crippen MR) is 128 cm³/mol. The van der Waals surface area contributed by atoms with Gasteiger partial charge in [0.05, 0.1) is 6.04 Å². The second kappa shape index (κ2) is 10.3. The molecule has 34 heavy (non-hydrogen) atoms. The van der Waals surface area contributed by atoms with Crippen LogP contribution in [0.25, 0.3) is 11.1 Å². The Labute approximate surface area is 200 Å². The summed E-state index contributed by atoms with van der Waals surface area (Å²) in [4.78, 5) is 39.2. The van der Waals surface area contributed by atoms with E-state index in [1.165, 1.54) is 0 Å². The minimum absolute atomic E-state index is 0.0376. The fraction of sp³-hybridized carbons (Fsp3) is 0.423. The van der Waals surface area contributed by atoms with E-state index in [1.807, 2.05) is 55.5 Å². The molecular formula is C26H31N3O5. The zero-order chi connectivity index (χ0) is 25.1. The van der Waals surface area contributed by atoms with Gasteiger partial charge in [0.25, 0.3) is 0 Å². The zero-order valence-corrected chi connectivity index (χ0v) is 19.4. The van der Waals surface area contributed by atoms with Crippen molar-refractivity contribution < 1.29 is 25.6 Å². The molecule has 2 aromatic rings. The zero-order valence-electron chi connectivity index (χ0n) is 20.4. The summed E-state index contributed by atoms with van der Waals surface area (Å²) >= 11 is 0. The number of alkyl carbamates (subject to hydrolysis) is 1. The van der Waals surface area contributed by atoms with Gasteiger partial charge in [0.2, 0.25) is 0 Å². The minimum Gasteiger partial charge on any atom is -0.465 e. The van der Waals surface area contributed by atoms with Crippen LogP contribution in [0.1, 0.15) is 37.3 Å². The summed E-state index contributed by atoms with van der Waals surface area (Å²) in [5, 5.41) is 13.2. The van der Waals surface area contributed by atoms with Crippen molar-refractivity contribution in [2.45, 2.75) is 38.3 Å². The number of hydrogen-bond acceptors (Lipinski definition) is 5. The van der Waals surface area contributed by atoms with Gasteiger partial charge in [-0.2, -0.15) is 0 Å². The van der Waals surface area contributed by atoms with Crippen molar-refractivity contribution in [2.24, 2.45) is 5.92 Å². The molecular weight excluding hydrogens is 434 g/mol. The summed E-state index contributed by atoms with van der Waals surface area (Å²) in [6, 6.07) is 13.8. The molecule has 0 saturated carbocycles. The van der Waals surface area contributed by atoms with E-state index >= 15 is 0 Å². The number of rotatable bonds is 7. The Hall–Kier alpha value is -3.39. The molecule has 8 nitrogen and oxygen atoms in total. The van der Waals surface area contributed by atoms with E-state index in [4.69, 9.17) is 6.15 Å². The molecule has 0 bridgehead atoms. The second-order valence-electron chi connectivity index (χ2n) is 8.86. The van der Waals surface area contributed by atoms with Crippen LogP contribution in [-0.2, 0) is 9.53 Å². The summed E-state index contributed by atoms with van der Waals surface area (Å²) in [6.07, 6.45) is -1.57. The van der Waals surface area contributed by atoms with E-state index in [1.54, 1.807) is 6.92 Å². The summed E-state index contributed by atoms with van der Waals surface area (Å²) in [5.74, 6) is -0.988. The number of ketones is 1. The van der Waals surface area contributed by atoms with Crippen molar-refractivity contribution in [2.75, 3.05) is 26.2 Å². The van der Waals surface area contributed by atoms with Gasteiger partial charge in [-0.1, -0.05) is 68.8 Å². The number of carbonyl (C=O) groups is 3. The molecule has 1 heterocycles. The third-order valence-corrected chi connectivity index (χ3v) is 6.87. The van der Waals surface area contributed by atoms with Crippen LogP contribution in [0, 0.1) is 5.92 Å². The van der Waals surface area contributed by atoms with Crippen molar-refractivity contribution in [1.29, 1.82) is 0 Å². The molecule has 8 heteroatoms. The molecule has 0 radical (unpaired) electrons. The number of amides is 2. The Bertz CT molecular complexity index is 1060. The lowest BCUT2D eigenvalue weighted by Gasteiger charge is -2.36. The maximum absolute atomic E-state index is 13.4. The van der Waals surface area contributed by atoms with Crippen molar-refractivity contribution in [3.63, 3.8) is 0 Å². The Morgan fingerprint density at radius 3 is 2.38 bits per heavy atom. The molecule has 0 spiro atoms. The summed E-state index contributed by atoms with van der Waals surface area (Å²) in [5.41, 5.74) is 4.30. The molecule has 1 aliphatic heterocycles. The first-order valence-electron chi connectivity index (χ1n) is 12.2. The number of benzene rings is 2. The van der Waals surface area contributed by atoms with Crippen LogP contribution in [-0.4, -0.2) is 66.3 Å². The molecule has 2 amide bonds. The molecule has 3 N–H and O–H groups in total. The number of piperazine rings is 1. The van der Waals surface area contributed by atoms with Gasteiger partial charge in [0.15, 0.2) is 7.20 Å². The lowest BCUT2D eigenvalue weighted by Crippen LogP contribution is -2.61. The van der Waals surface area contributed by atoms with Gasteiger partial charge in [0.1, 0.15) is 12.6 Å². The number of hydrogen-bond donors (Lipinski definition) is 3. The molecule has 0 aromatic heterocycles. The van der Waals surface area contributed by atoms with E-state index < -0.39 is 30.1 Å². The van der Waals surface area contributed by atoms with Gasteiger partial charge in [-0.05, 0) is 28.2 Å². The first-order chi connectivity index (χ1) is 16.8. The van der Waals surface area contributed by atoms with Crippen LogP contribution < -0.4 is 10.6 Å². The number of fused-ring (bicyclic) bond motifs is 3. The molecule has 2 aliphatic rings. The lowest BCUT2D eigenvalue weighted by atomic mass is 9.90. The number of nitrogens with one attached hydrogen (secondary N) is 2. The summed E-state index contributed by atoms with van der Waals surface area (Å²) in [6.45, 7) is 4.45. The predicted octanol–water partition coefficient (Wildman–Crippen LogP) is 3.46. The number of nitrogens with zero attached hydrogens (tertiary/aromatic N) is 1. The van der Waals surface area contributed by atoms with Crippen LogP contribution in [0.3, 0.4) is 0 Å². The quantitative estimate of drug-likeness (QED) is 0.577. The van der Waals surface area contributed by atoms with Crippen LogP contribution in [0.4, 0.5) is 9.59 Å². The number of carbonyl (C=O) groups excluding carboxylic acids is 2. The molecule has 1 fully saturated rings. The number of carboxylic acid groups (broad SMARTS) is 1. The fourth-order valence-corrected chi connectivity index (χ4v) is 4.82. The normalized spacial score (nSPS) is 19.4. The van der Waals surface area contributed by atoms with Crippen molar-refractivity contribution in [3.05, 3.63) is 59.7 Å². The smallest absolute Gasteiger partial charge is 0.408 e. The van der Waals surface area contributed by atoms with E-state index in [2.05, 4.69) is 5.32 Å². The molecule has 1 unspecified atom stereocenters. The highest BCUT2D eigenvalue weighted by Gasteiger charge is 2.38. The standard InChI is InChI=1S/C26H31N3O5/c1-3-16(2)23(24(30)22-14-27-12-13-29(22)26(32)33)28-25(31)34-15-21-19-10-6-4-8-17(19)18-9-5-7-11-20(18)21/h4-11,16,21-23,27H,3,12-15H2,1-2H3,(H,28,31)(H,32,33)/t16-,22?,23-/m0/s1/i/hD. The third-order valence-electron chi connectivity index (χ3n) is 6.87.